The maximum absolute atomic E-state index is 13.5. The van der Waals surface area contributed by atoms with Crippen molar-refractivity contribution in [1.82, 2.24) is 4.90 Å². The van der Waals surface area contributed by atoms with E-state index in [0.717, 1.165) is 56.4 Å². The lowest BCUT2D eigenvalue weighted by atomic mass is 9.72. The first kappa shape index (κ1) is 20.8. The fraction of sp³-hybridized carbons (Fsp3) is 0.652. The number of likely N-dealkylation sites (N-methyl/N-ethyl adjacent to an activating group) is 1. The van der Waals surface area contributed by atoms with E-state index < -0.39 is 5.97 Å². The van der Waals surface area contributed by atoms with Crippen molar-refractivity contribution in [2.75, 3.05) is 32.5 Å². The topological polar surface area (TPSA) is 69.6 Å². The average molecular weight is 387 g/mol. The van der Waals surface area contributed by atoms with E-state index in [4.69, 9.17) is 0 Å². The lowest BCUT2D eigenvalue weighted by Gasteiger charge is -2.31. The maximum atomic E-state index is 13.5. The zero-order valence-corrected chi connectivity index (χ0v) is 17.5. The minimum Gasteiger partial charge on any atom is -0.481 e. The maximum Gasteiger partial charge on any atom is 0.306 e. The molecule has 0 heterocycles. The van der Waals surface area contributed by atoms with Gasteiger partial charge in [-0.15, -0.1) is 0 Å². The summed E-state index contributed by atoms with van der Waals surface area (Å²) in [6, 6.07) is 4.22. The zero-order chi connectivity index (χ0) is 20.3. The molecule has 1 saturated carbocycles. The summed E-state index contributed by atoms with van der Waals surface area (Å²) < 4.78 is 0. The van der Waals surface area contributed by atoms with Gasteiger partial charge in [-0.2, -0.15) is 0 Å². The number of anilines is 1. The number of benzene rings is 1. The molecule has 0 spiro atoms. The van der Waals surface area contributed by atoms with Gasteiger partial charge in [0, 0.05) is 30.3 Å². The molecule has 1 unspecified atom stereocenters. The third kappa shape index (κ3) is 4.75. The highest BCUT2D eigenvalue weighted by atomic mass is 16.4. The number of carbonyl (C=O) groups excluding carboxylic acids is 1. The first-order valence-electron chi connectivity index (χ1n) is 10.7. The van der Waals surface area contributed by atoms with Gasteiger partial charge in [-0.25, -0.2) is 0 Å². The number of carbonyl (C=O) groups is 2. The molecule has 0 radical (unpaired) electrons. The van der Waals surface area contributed by atoms with Crippen LogP contribution in [-0.4, -0.2) is 48.9 Å². The highest BCUT2D eigenvalue weighted by Crippen LogP contribution is 2.40. The van der Waals surface area contributed by atoms with Crippen LogP contribution in [0.2, 0.25) is 0 Å². The number of hydrogen-bond donors (Lipinski definition) is 2. The number of Topliss-reactive ketones (excluding diaryl/α,β-unsaturated/α-hetero) is 1. The summed E-state index contributed by atoms with van der Waals surface area (Å²) in [6.45, 7) is 3.91. The molecule has 2 aliphatic carbocycles. The average Bonchev–Trinajstić information content (AvgIpc) is 2.81. The van der Waals surface area contributed by atoms with E-state index in [2.05, 4.69) is 43.4 Å². The number of nitrogens with zero attached hydrogens (tertiary/aromatic N) is 1. The Morgan fingerprint density at radius 3 is 2.54 bits per heavy atom. The van der Waals surface area contributed by atoms with Crippen molar-refractivity contribution in [3.05, 3.63) is 28.8 Å². The van der Waals surface area contributed by atoms with Gasteiger partial charge in [0.1, 0.15) is 0 Å². The largest absolute Gasteiger partial charge is 0.481 e. The number of carboxylic acids is 1. The second-order valence-electron chi connectivity index (χ2n) is 8.86. The van der Waals surface area contributed by atoms with E-state index in [1.54, 1.807) is 0 Å². The molecule has 5 heteroatoms. The van der Waals surface area contributed by atoms with Crippen LogP contribution in [0, 0.1) is 24.7 Å². The second-order valence-corrected chi connectivity index (χ2v) is 8.86. The summed E-state index contributed by atoms with van der Waals surface area (Å²) in [4.78, 5) is 26.9. The third-order valence-corrected chi connectivity index (χ3v) is 6.60. The summed E-state index contributed by atoms with van der Waals surface area (Å²) in [5.41, 5.74) is 4.34. The Labute approximate surface area is 168 Å². The number of rotatable bonds is 6. The molecule has 0 bridgehead atoms. The Morgan fingerprint density at radius 2 is 1.89 bits per heavy atom. The lowest BCUT2D eigenvalue weighted by molar-refractivity contribution is -0.143. The minimum absolute atomic E-state index is 0.0485. The van der Waals surface area contributed by atoms with Gasteiger partial charge >= 0.3 is 5.97 Å². The lowest BCUT2D eigenvalue weighted by Crippen LogP contribution is -2.29. The predicted octanol–water partition coefficient (Wildman–Crippen LogP) is 3.99. The number of carboxylic acid groups (broad SMARTS) is 1. The number of ketones is 1. The number of hydrogen-bond acceptors (Lipinski definition) is 4. The first-order valence-corrected chi connectivity index (χ1v) is 10.7. The molecule has 1 aromatic carbocycles. The minimum atomic E-state index is -0.681. The smallest absolute Gasteiger partial charge is 0.306 e. The van der Waals surface area contributed by atoms with Crippen LogP contribution in [0.4, 0.5) is 5.69 Å². The number of aryl methyl sites for hydroxylation is 1. The third-order valence-electron chi connectivity index (χ3n) is 6.60. The van der Waals surface area contributed by atoms with Crippen LogP contribution in [0.15, 0.2) is 12.1 Å². The van der Waals surface area contributed by atoms with Gasteiger partial charge in [-0.05, 0) is 95.1 Å². The molecule has 5 nitrogen and oxygen atoms in total. The van der Waals surface area contributed by atoms with Crippen LogP contribution in [0.1, 0.15) is 60.0 Å². The quantitative estimate of drug-likeness (QED) is 0.724. The summed E-state index contributed by atoms with van der Waals surface area (Å²) in [6.07, 6.45) is 6.08. The summed E-state index contributed by atoms with van der Waals surface area (Å²) in [5.74, 6) is -0.239. The van der Waals surface area contributed by atoms with Crippen LogP contribution in [0.5, 0.6) is 0 Å². The van der Waals surface area contributed by atoms with Gasteiger partial charge in [0.25, 0.3) is 0 Å². The number of nitrogens with one attached hydrogen (secondary N) is 1. The summed E-state index contributed by atoms with van der Waals surface area (Å²) >= 11 is 0. The van der Waals surface area contributed by atoms with E-state index in [-0.39, 0.29) is 17.6 Å². The standard InChI is InChI=1S/C23H34N2O3/c1-15-13-18(24-11-12-25(2)3)14-21-19(15)5-4-6-20(22(21)26)16-7-9-17(10-8-16)23(27)28/h13-14,16-17,20,24H,4-12H2,1-3H3,(H,27,28). The highest BCUT2D eigenvalue weighted by Gasteiger charge is 2.36. The van der Waals surface area contributed by atoms with Gasteiger partial charge in [0.05, 0.1) is 5.92 Å². The molecule has 0 aliphatic heterocycles. The Morgan fingerprint density at radius 1 is 1.18 bits per heavy atom. The van der Waals surface area contributed by atoms with Crippen molar-refractivity contribution in [1.29, 1.82) is 0 Å². The molecule has 0 aromatic heterocycles. The molecule has 2 aliphatic rings. The molecule has 0 saturated heterocycles. The van der Waals surface area contributed by atoms with Gasteiger partial charge < -0.3 is 15.3 Å². The van der Waals surface area contributed by atoms with Gasteiger partial charge in [0.15, 0.2) is 5.78 Å². The number of fused-ring (bicyclic) bond motifs is 1. The highest BCUT2D eigenvalue weighted by molar-refractivity contribution is 6.01. The molecule has 0 amide bonds. The first-order chi connectivity index (χ1) is 13.4. The number of aliphatic carboxylic acids is 1. The second kappa shape index (κ2) is 9.08. The molecule has 3 rings (SSSR count). The van der Waals surface area contributed by atoms with Crippen LogP contribution in [-0.2, 0) is 11.2 Å². The zero-order valence-electron chi connectivity index (χ0n) is 17.5. The Bertz CT molecular complexity index is 721. The van der Waals surface area contributed by atoms with E-state index in [9.17, 15) is 14.7 Å². The summed E-state index contributed by atoms with van der Waals surface area (Å²) in [7, 11) is 4.11. The SMILES string of the molecule is Cc1cc(NCCN(C)C)cc2c1CCCC(C1CCC(C(=O)O)CC1)C2=O. The molecule has 1 aromatic rings. The van der Waals surface area contributed by atoms with E-state index in [1.165, 1.54) is 11.1 Å². The van der Waals surface area contributed by atoms with Crippen LogP contribution in [0.25, 0.3) is 0 Å². The molecule has 1 atom stereocenters. The van der Waals surface area contributed by atoms with Gasteiger partial charge in [0.2, 0.25) is 0 Å². The fourth-order valence-electron chi connectivity index (χ4n) is 4.94. The van der Waals surface area contributed by atoms with E-state index >= 15 is 0 Å². The van der Waals surface area contributed by atoms with Gasteiger partial charge in [-0.3, -0.25) is 9.59 Å². The van der Waals surface area contributed by atoms with Crippen molar-refractivity contribution in [3.63, 3.8) is 0 Å². The molecular formula is C23H34N2O3. The van der Waals surface area contributed by atoms with Crippen molar-refractivity contribution < 1.29 is 14.7 Å². The monoisotopic (exact) mass is 386 g/mol. The van der Waals surface area contributed by atoms with Gasteiger partial charge in [-0.1, -0.05) is 0 Å². The van der Waals surface area contributed by atoms with Crippen molar-refractivity contribution in [3.8, 4) is 0 Å². The predicted molar refractivity (Wildman–Crippen MR) is 112 cm³/mol. The Balaban J connectivity index is 1.76. The molecule has 2 N–H and O–H groups in total. The van der Waals surface area contributed by atoms with Crippen molar-refractivity contribution in [2.24, 2.45) is 17.8 Å². The van der Waals surface area contributed by atoms with Crippen LogP contribution >= 0.6 is 0 Å². The van der Waals surface area contributed by atoms with Crippen molar-refractivity contribution in [2.45, 2.75) is 51.9 Å². The van der Waals surface area contributed by atoms with Crippen LogP contribution < -0.4 is 5.32 Å². The molecular weight excluding hydrogens is 352 g/mol. The normalized spacial score (nSPS) is 25.3. The van der Waals surface area contributed by atoms with E-state index in [0.29, 0.717) is 18.8 Å². The molecule has 154 valence electrons. The molecule has 1 fully saturated rings. The van der Waals surface area contributed by atoms with Crippen LogP contribution in [0.3, 0.4) is 0 Å². The summed E-state index contributed by atoms with van der Waals surface area (Å²) in [5, 5.41) is 12.7. The Kier molecular flexibility index (Phi) is 6.76. The molecule has 28 heavy (non-hydrogen) atoms. The van der Waals surface area contributed by atoms with Crippen molar-refractivity contribution >= 4 is 17.4 Å². The van der Waals surface area contributed by atoms with E-state index in [1.807, 2.05) is 0 Å². The Hall–Kier alpha value is -1.88. The fourth-order valence-corrected chi connectivity index (χ4v) is 4.94.